The highest BCUT2D eigenvalue weighted by atomic mass is 35.5. The van der Waals surface area contributed by atoms with E-state index < -0.39 is 12.0 Å². The van der Waals surface area contributed by atoms with Crippen molar-refractivity contribution in [3.8, 4) is 5.75 Å². The molecule has 7 heteroatoms. The van der Waals surface area contributed by atoms with Crippen LogP contribution in [-0.2, 0) is 5.54 Å². The lowest BCUT2D eigenvalue weighted by molar-refractivity contribution is 0.0994. The van der Waals surface area contributed by atoms with Crippen LogP contribution >= 0.6 is 23.1 Å². The minimum Gasteiger partial charge on any atom is -0.496 e. The van der Waals surface area contributed by atoms with Gasteiger partial charge in [-0.15, -0.1) is 0 Å². The van der Waals surface area contributed by atoms with Crippen molar-refractivity contribution < 1.29 is 14.6 Å². The van der Waals surface area contributed by atoms with E-state index in [1.807, 2.05) is 24.0 Å². The van der Waals surface area contributed by atoms with Crippen LogP contribution in [0.3, 0.4) is 0 Å². The van der Waals surface area contributed by atoms with E-state index in [1.165, 1.54) is 24.7 Å². The Morgan fingerprint density at radius 2 is 2.00 bits per heavy atom. The van der Waals surface area contributed by atoms with E-state index in [4.69, 9.17) is 16.3 Å². The van der Waals surface area contributed by atoms with Crippen molar-refractivity contribution in [2.24, 2.45) is 10.9 Å². The van der Waals surface area contributed by atoms with Gasteiger partial charge in [-0.2, -0.15) is 4.99 Å². The minimum atomic E-state index is -0.706. The van der Waals surface area contributed by atoms with Gasteiger partial charge in [-0.1, -0.05) is 25.4 Å². The van der Waals surface area contributed by atoms with Crippen LogP contribution in [0.15, 0.2) is 29.4 Å². The van der Waals surface area contributed by atoms with E-state index in [2.05, 4.69) is 25.8 Å². The molecule has 5 nitrogen and oxygen atoms in total. The van der Waals surface area contributed by atoms with Crippen LogP contribution in [-0.4, -0.2) is 22.1 Å². The Hall–Kier alpha value is -1.63. The third-order valence-electron chi connectivity index (χ3n) is 3.89. The average Bonchev–Trinajstić information content (AvgIpc) is 2.97. The summed E-state index contributed by atoms with van der Waals surface area (Å²) >= 11 is 7.37. The highest BCUT2D eigenvalue weighted by Gasteiger charge is 2.22. The fourth-order valence-electron chi connectivity index (χ4n) is 2.33. The summed E-state index contributed by atoms with van der Waals surface area (Å²) in [4.78, 5) is 17.0. The number of nitrogens with zero attached hydrogens (tertiary/aromatic N) is 2. The van der Waals surface area contributed by atoms with E-state index in [0.717, 1.165) is 0 Å². The summed E-state index contributed by atoms with van der Waals surface area (Å²) in [5, 5.41) is 11.0. The number of halogens is 1. The van der Waals surface area contributed by atoms with Crippen LogP contribution in [0.1, 0.15) is 56.6 Å². The van der Waals surface area contributed by atoms with Crippen molar-refractivity contribution in [2.75, 3.05) is 7.11 Å². The number of aromatic nitrogens is 1. The lowest BCUT2D eigenvalue weighted by atomic mass is 10.0. The number of benzene rings is 1. The summed E-state index contributed by atoms with van der Waals surface area (Å²) in [6, 6.07) is 4.83. The molecule has 1 amide bonds. The zero-order valence-corrected chi connectivity index (χ0v) is 17.5. The molecule has 0 aliphatic carbocycles. The molecule has 0 saturated carbocycles. The van der Waals surface area contributed by atoms with Crippen molar-refractivity contribution in [3.63, 3.8) is 0 Å². The van der Waals surface area contributed by atoms with E-state index >= 15 is 0 Å². The molecule has 0 spiro atoms. The highest BCUT2D eigenvalue weighted by molar-refractivity contribution is 7.04. The average molecular weight is 397 g/mol. The Labute approximate surface area is 163 Å². The van der Waals surface area contributed by atoms with Gasteiger partial charge in [0.1, 0.15) is 10.4 Å². The molecular weight excluding hydrogens is 372 g/mol. The van der Waals surface area contributed by atoms with Gasteiger partial charge in [0.2, 0.25) is 0 Å². The molecule has 0 fully saturated rings. The molecule has 1 atom stereocenters. The number of ether oxygens (including phenoxy) is 1. The second kappa shape index (κ2) is 7.94. The van der Waals surface area contributed by atoms with E-state index in [-0.39, 0.29) is 11.5 Å². The third-order valence-corrected chi connectivity index (χ3v) is 5.48. The number of aliphatic hydroxyl groups excluding tert-OH is 1. The molecule has 0 radical (unpaired) electrons. The normalized spacial score (nSPS) is 14.0. The molecule has 0 aliphatic heterocycles. The molecule has 0 saturated heterocycles. The molecular formula is C19H25ClN2O3S. The van der Waals surface area contributed by atoms with Crippen molar-refractivity contribution in [1.29, 1.82) is 0 Å². The Balaban J connectivity index is 2.61. The number of methoxy groups -OCH3 is 1. The van der Waals surface area contributed by atoms with E-state index in [0.29, 0.717) is 26.6 Å². The summed E-state index contributed by atoms with van der Waals surface area (Å²) in [7, 11) is 1.49. The summed E-state index contributed by atoms with van der Waals surface area (Å²) < 4.78 is 7.73. The number of amides is 1. The number of hydrogen-bond donors (Lipinski definition) is 1. The van der Waals surface area contributed by atoms with E-state index in [9.17, 15) is 9.90 Å². The Kier molecular flexibility index (Phi) is 6.32. The van der Waals surface area contributed by atoms with Gasteiger partial charge in [0.15, 0.2) is 0 Å². The maximum absolute atomic E-state index is 12.8. The lowest BCUT2D eigenvalue weighted by Gasteiger charge is -2.19. The molecule has 0 aliphatic rings. The molecule has 1 heterocycles. The number of carbonyl (C=O) groups excluding carboxylic acids is 1. The largest absolute Gasteiger partial charge is 0.496 e. The predicted octanol–water partition coefficient (Wildman–Crippen LogP) is 4.40. The fourth-order valence-corrected chi connectivity index (χ4v) is 3.53. The van der Waals surface area contributed by atoms with Crippen LogP contribution in [0.25, 0.3) is 0 Å². The zero-order valence-electron chi connectivity index (χ0n) is 15.9. The van der Waals surface area contributed by atoms with Crippen LogP contribution in [0.4, 0.5) is 0 Å². The smallest absolute Gasteiger partial charge is 0.282 e. The first-order chi connectivity index (χ1) is 12.0. The van der Waals surface area contributed by atoms with Crippen molar-refractivity contribution in [2.45, 2.75) is 46.3 Å². The summed E-state index contributed by atoms with van der Waals surface area (Å²) in [5.41, 5.74) is 0.760. The second-order valence-electron chi connectivity index (χ2n) is 7.43. The summed E-state index contributed by atoms with van der Waals surface area (Å²) in [5.74, 6) is -0.0402. The molecule has 1 N–H and O–H groups in total. The number of aliphatic hydroxyl groups is 1. The maximum atomic E-state index is 12.8. The quantitative estimate of drug-likeness (QED) is 0.833. The predicted molar refractivity (Wildman–Crippen MR) is 105 cm³/mol. The Morgan fingerprint density at radius 1 is 1.35 bits per heavy atom. The Morgan fingerprint density at radius 3 is 2.54 bits per heavy atom. The van der Waals surface area contributed by atoms with Crippen LogP contribution < -0.4 is 9.41 Å². The van der Waals surface area contributed by atoms with Crippen molar-refractivity contribution >= 4 is 29.0 Å². The molecule has 2 rings (SSSR count). The third kappa shape index (κ3) is 4.55. The first-order valence-electron chi connectivity index (χ1n) is 8.38. The maximum Gasteiger partial charge on any atom is 0.282 e. The van der Waals surface area contributed by atoms with Gasteiger partial charge in [0.25, 0.3) is 5.91 Å². The molecule has 1 aromatic heterocycles. The van der Waals surface area contributed by atoms with Crippen molar-refractivity contribution in [1.82, 2.24) is 3.96 Å². The zero-order chi connectivity index (χ0) is 19.6. The second-order valence-corrected chi connectivity index (χ2v) is 8.83. The SMILES string of the molecule is COc1ccc(Cl)cc1C(=O)/N=c1\sn(C(C)(C)C)cc1C(O)C(C)C. The number of rotatable bonds is 4. The van der Waals surface area contributed by atoms with Gasteiger partial charge in [-0.25, -0.2) is 0 Å². The topological polar surface area (TPSA) is 63.8 Å². The van der Waals surface area contributed by atoms with Crippen molar-refractivity contribution in [3.05, 3.63) is 45.2 Å². The monoisotopic (exact) mass is 396 g/mol. The lowest BCUT2D eigenvalue weighted by Crippen LogP contribution is -2.18. The molecule has 1 unspecified atom stereocenters. The molecule has 1 aromatic carbocycles. The summed E-state index contributed by atoms with van der Waals surface area (Å²) in [6.45, 7) is 10.0. The van der Waals surface area contributed by atoms with Gasteiger partial charge >= 0.3 is 0 Å². The first kappa shape index (κ1) is 20.7. The van der Waals surface area contributed by atoms with Gasteiger partial charge in [-0.3, -0.25) is 8.75 Å². The highest BCUT2D eigenvalue weighted by Crippen LogP contribution is 2.26. The molecule has 142 valence electrons. The van der Waals surface area contributed by atoms with Gasteiger partial charge in [0.05, 0.1) is 18.8 Å². The van der Waals surface area contributed by atoms with Crippen LogP contribution in [0.2, 0.25) is 5.02 Å². The van der Waals surface area contributed by atoms with Gasteiger partial charge < -0.3 is 9.84 Å². The molecule has 2 aromatic rings. The summed E-state index contributed by atoms with van der Waals surface area (Å²) in [6.07, 6.45) is 1.17. The van der Waals surface area contributed by atoms with Crippen LogP contribution in [0, 0.1) is 5.92 Å². The molecule has 26 heavy (non-hydrogen) atoms. The van der Waals surface area contributed by atoms with Crippen LogP contribution in [0.5, 0.6) is 5.75 Å². The minimum absolute atomic E-state index is 0.00257. The number of hydrogen-bond acceptors (Lipinski definition) is 4. The van der Waals surface area contributed by atoms with Gasteiger partial charge in [-0.05, 0) is 56.4 Å². The standard InChI is InChI=1S/C19H25ClN2O3S/c1-11(2)16(23)14-10-22(19(3,4)5)26-18(14)21-17(24)13-9-12(20)7-8-15(13)25-6/h7-11,16,23H,1-6H3/b21-18-. The number of carbonyl (C=O) groups is 1. The van der Waals surface area contributed by atoms with Gasteiger partial charge in [0, 0.05) is 22.3 Å². The van der Waals surface area contributed by atoms with E-state index in [1.54, 1.807) is 12.1 Å². The Bertz CT molecular complexity index is 862. The fraction of sp³-hybridized carbons (Fsp3) is 0.474. The first-order valence-corrected chi connectivity index (χ1v) is 9.53. The molecule has 0 bridgehead atoms.